The average molecular weight is 628 g/mol. The third-order valence-electron chi connectivity index (χ3n) is 8.82. The molecule has 2 N–H and O–H groups in total. The molecule has 2 aliphatic heterocycles. The summed E-state index contributed by atoms with van der Waals surface area (Å²) in [7, 11) is 0. The van der Waals surface area contributed by atoms with Crippen molar-refractivity contribution in [1.82, 2.24) is 0 Å². The van der Waals surface area contributed by atoms with E-state index in [0.29, 0.717) is 18.7 Å². The van der Waals surface area contributed by atoms with E-state index in [9.17, 15) is 14.7 Å². The number of hydrogen-bond acceptors (Lipinski definition) is 5. The van der Waals surface area contributed by atoms with E-state index in [1.54, 1.807) is 6.07 Å². The van der Waals surface area contributed by atoms with Crippen LogP contribution in [0.2, 0.25) is 0 Å². The average Bonchev–Trinajstić information content (AvgIpc) is 3.52. The van der Waals surface area contributed by atoms with Crippen molar-refractivity contribution in [1.29, 1.82) is 0 Å². The maximum Gasteiger partial charge on any atom is 0.238 e. The minimum Gasteiger partial charge on any atom is -0.507 e. The first-order chi connectivity index (χ1) is 20.3. The number of phenolic OH excluding ortho intramolecular Hbond substituents is 1. The van der Waals surface area contributed by atoms with E-state index in [1.165, 1.54) is 16.0 Å². The summed E-state index contributed by atoms with van der Waals surface area (Å²) in [6.45, 7) is 4.66. The molecule has 3 aliphatic rings. The molecule has 7 heteroatoms. The lowest BCUT2D eigenvalue weighted by Gasteiger charge is -2.31. The molecule has 42 heavy (non-hydrogen) atoms. The molecule has 0 saturated carbocycles. The summed E-state index contributed by atoms with van der Waals surface area (Å²) >= 11 is 3.47. The van der Waals surface area contributed by atoms with Crippen LogP contribution in [-0.4, -0.2) is 29.6 Å². The Labute approximate surface area is 255 Å². The number of carbonyl (C=O) groups excluding carboxylic acids is 2. The summed E-state index contributed by atoms with van der Waals surface area (Å²) in [5.41, 5.74) is 6.91. The van der Waals surface area contributed by atoms with E-state index in [-0.39, 0.29) is 41.4 Å². The summed E-state index contributed by atoms with van der Waals surface area (Å²) in [4.78, 5) is 29.0. The lowest BCUT2D eigenvalue weighted by Crippen LogP contribution is -2.34. The van der Waals surface area contributed by atoms with Gasteiger partial charge in [-0.2, -0.15) is 0 Å². The topological polar surface area (TPSA) is 78.9 Å². The van der Waals surface area contributed by atoms with E-state index in [1.807, 2.05) is 72.8 Å². The fraction of sp³-hybridized carbons (Fsp3) is 0.314. The highest BCUT2D eigenvalue weighted by atomic mass is 79.9. The van der Waals surface area contributed by atoms with Gasteiger partial charge in [0.2, 0.25) is 11.8 Å². The van der Waals surface area contributed by atoms with Crippen LogP contribution in [0.15, 0.2) is 94.0 Å². The van der Waals surface area contributed by atoms with Gasteiger partial charge in [0, 0.05) is 27.3 Å². The Morgan fingerprint density at radius 3 is 2.50 bits per heavy atom. The Kier molecular flexibility index (Phi) is 8.06. The van der Waals surface area contributed by atoms with Crippen LogP contribution in [0.25, 0.3) is 6.08 Å². The molecule has 2 amide bonds. The number of para-hydroxylation sites is 1. The van der Waals surface area contributed by atoms with Crippen molar-refractivity contribution >= 4 is 50.9 Å². The second-order valence-corrected chi connectivity index (χ2v) is 12.4. The maximum atomic E-state index is 13.9. The number of benzene rings is 3. The van der Waals surface area contributed by atoms with Crippen LogP contribution in [0.1, 0.15) is 45.1 Å². The van der Waals surface area contributed by atoms with Crippen molar-refractivity contribution in [2.45, 2.75) is 45.6 Å². The molecule has 2 heterocycles. The fourth-order valence-electron chi connectivity index (χ4n) is 6.79. The van der Waals surface area contributed by atoms with Gasteiger partial charge in [0.05, 0.1) is 30.2 Å². The number of allylic oxidation sites excluding steroid dienone is 2. The highest BCUT2D eigenvalue weighted by Crippen LogP contribution is 2.51. The van der Waals surface area contributed by atoms with Gasteiger partial charge in [-0.1, -0.05) is 58.3 Å². The second-order valence-electron chi connectivity index (χ2n) is 11.5. The molecule has 6 rings (SSSR count). The Hall–Kier alpha value is -3.68. The first kappa shape index (κ1) is 28.4. The molecule has 0 bridgehead atoms. The first-order valence-corrected chi connectivity index (χ1v) is 15.4. The summed E-state index contributed by atoms with van der Waals surface area (Å²) < 4.78 is 7.27. The molecule has 3 aromatic carbocycles. The number of fused-ring (bicyclic) bond motifs is 3. The van der Waals surface area contributed by atoms with Crippen molar-refractivity contribution in [3.05, 3.63) is 99.6 Å². The van der Waals surface area contributed by atoms with Crippen molar-refractivity contribution in [3.8, 4) is 5.75 Å². The predicted octanol–water partition coefficient (Wildman–Crippen LogP) is 8.01. The zero-order valence-corrected chi connectivity index (χ0v) is 25.4. The third-order valence-corrected chi connectivity index (χ3v) is 9.31. The number of amides is 2. The van der Waals surface area contributed by atoms with Crippen molar-refractivity contribution in [2.75, 3.05) is 16.8 Å². The number of nitrogens with one attached hydrogen (secondary N) is 1. The molecular weight excluding hydrogens is 592 g/mol. The molecule has 0 unspecified atom stereocenters. The third kappa shape index (κ3) is 5.43. The van der Waals surface area contributed by atoms with Gasteiger partial charge in [0.1, 0.15) is 5.75 Å². The van der Waals surface area contributed by atoms with Gasteiger partial charge in [0.25, 0.3) is 0 Å². The maximum absolute atomic E-state index is 13.9. The lowest BCUT2D eigenvalue weighted by molar-refractivity contribution is -0.122. The fourth-order valence-corrected chi connectivity index (χ4v) is 7.16. The number of rotatable bonds is 8. The van der Waals surface area contributed by atoms with Gasteiger partial charge in [-0.25, -0.2) is 0 Å². The van der Waals surface area contributed by atoms with E-state index >= 15 is 0 Å². The number of anilines is 3. The minimum atomic E-state index is -0.384. The number of nitrogens with zero attached hydrogens (tertiary/aromatic N) is 1. The second kappa shape index (κ2) is 11.9. The normalized spacial score (nSPS) is 23.8. The first-order valence-electron chi connectivity index (χ1n) is 14.6. The van der Waals surface area contributed by atoms with Gasteiger partial charge < -0.3 is 15.2 Å². The standard InChI is InChI=1S/C35H35BrN2O4/c1-3-22-19-28-33(29-20-42-31(32(22)29)16-9-21(2)17-23-18-24(36)10-15-30(23)39)35(41)38(34(28)40)27-13-11-26(12-14-27)37-25-7-5-4-6-8-25/h4-8,10-15,17-18,28-29,31,33,37,39H,3,9,16,19-20H2,1-2H3/b21-17+/t28-,29+,31-,33-/m1/s1. The largest absolute Gasteiger partial charge is 0.507 e. The number of phenols is 1. The number of imide groups is 1. The quantitative estimate of drug-likeness (QED) is 0.195. The van der Waals surface area contributed by atoms with Crippen LogP contribution in [-0.2, 0) is 14.3 Å². The molecule has 0 radical (unpaired) electrons. The van der Waals surface area contributed by atoms with Crippen LogP contribution in [0.5, 0.6) is 5.75 Å². The lowest BCUT2D eigenvalue weighted by atomic mass is 9.69. The van der Waals surface area contributed by atoms with E-state index in [0.717, 1.165) is 46.2 Å². The number of carbonyl (C=O) groups is 2. The summed E-state index contributed by atoms with van der Waals surface area (Å²) in [6, 6.07) is 22.8. The molecule has 2 saturated heterocycles. The zero-order chi connectivity index (χ0) is 29.4. The molecule has 2 fully saturated rings. The predicted molar refractivity (Wildman–Crippen MR) is 169 cm³/mol. The monoisotopic (exact) mass is 626 g/mol. The van der Waals surface area contributed by atoms with Gasteiger partial charge in [-0.3, -0.25) is 14.5 Å². The number of hydrogen-bond donors (Lipinski definition) is 2. The Balaban J connectivity index is 1.18. The molecule has 3 aromatic rings. The van der Waals surface area contributed by atoms with E-state index in [4.69, 9.17) is 4.74 Å². The minimum absolute atomic E-state index is 0.0642. The molecular formula is C35H35BrN2O4. The highest BCUT2D eigenvalue weighted by Gasteiger charge is 2.57. The van der Waals surface area contributed by atoms with Crippen LogP contribution in [0.3, 0.4) is 0 Å². The van der Waals surface area contributed by atoms with Crippen molar-refractivity contribution in [2.24, 2.45) is 17.8 Å². The molecule has 1 aliphatic carbocycles. The molecule has 4 atom stereocenters. The Morgan fingerprint density at radius 2 is 1.76 bits per heavy atom. The molecule has 6 nitrogen and oxygen atoms in total. The van der Waals surface area contributed by atoms with Crippen LogP contribution < -0.4 is 10.2 Å². The van der Waals surface area contributed by atoms with Crippen LogP contribution in [0.4, 0.5) is 17.1 Å². The van der Waals surface area contributed by atoms with E-state index in [2.05, 4.69) is 35.1 Å². The summed E-state index contributed by atoms with van der Waals surface area (Å²) in [5, 5.41) is 13.6. The van der Waals surface area contributed by atoms with E-state index < -0.39 is 0 Å². The van der Waals surface area contributed by atoms with Crippen LogP contribution >= 0.6 is 15.9 Å². The van der Waals surface area contributed by atoms with Gasteiger partial charge >= 0.3 is 0 Å². The van der Waals surface area contributed by atoms with Gasteiger partial charge in [-0.05, 0) is 92.8 Å². The SMILES string of the molecule is CCC1=C2[C@@H](CC/C(C)=C/c3cc(Br)ccc3O)OC[C@@H]2[C@@H]2C(=O)N(c3ccc(Nc4ccccc4)cc3)C(=O)[C@@H]2C1. The number of halogens is 1. The smallest absolute Gasteiger partial charge is 0.238 e. The summed E-state index contributed by atoms with van der Waals surface area (Å²) in [5.74, 6) is -0.758. The highest BCUT2D eigenvalue weighted by molar-refractivity contribution is 9.10. The molecule has 216 valence electrons. The van der Waals surface area contributed by atoms with Crippen molar-refractivity contribution in [3.63, 3.8) is 0 Å². The number of aromatic hydroxyl groups is 1. The van der Waals surface area contributed by atoms with Gasteiger partial charge in [0.15, 0.2) is 0 Å². The van der Waals surface area contributed by atoms with Gasteiger partial charge in [-0.15, -0.1) is 0 Å². The number of ether oxygens (including phenoxy) is 1. The Morgan fingerprint density at radius 1 is 1.02 bits per heavy atom. The van der Waals surface area contributed by atoms with Crippen molar-refractivity contribution < 1.29 is 19.4 Å². The molecule has 0 spiro atoms. The Bertz CT molecular complexity index is 1560. The molecule has 0 aromatic heterocycles. The summed E-state index contributed by atoms with van der Waals surface area (Å²) in [6.07, 6.45) is 5.01. The van der Waals surface area contributed by atoms with Crippen LogP contribution in [0, 0.1) is 17.8 Å². The zero-order valence-electron chi connectivity index (χ0n) is 23.8.